The number of Topliss-reactive ketones (excluding diaryl/α,β-unsaturated/α-hetero) is 1. The fourth-order valence-electron chi connectivity index (χ4n) is 11.1. The molecule has 1 aromatic heterocycles. The average Bonchev–Trinajstić information content (AvgIpc) is 3.35. The normalized spacial score (nSPS) is 41.1. The molecule has 0 amide bonds. The van der Waals surface area contributed by atoms with E-state index in [1.165, 1.54) is 11.1 Å². The molecule has 2 saturated heterocycles. The van der Waals surface area contributed by atoms with E-state index in [1.807, 2.05) is 6.20 Å². The maximum Gasteiger partial charge on any atom is 0.163 e. The fraction of sp³-hybridized carbons (Fsp3) is 0.763. The molecule has 4 aliphatic carbocycles. The van der Waals surface area contributed by atoms with Gasteiger partial charge in [-0.3, -0.25) is 19.6 Å². The smallest absolute Gasteiger partial charge is 0.163 e. The summed E-state index contributed by atoms with van der Waals surface area (Å²) in [5, 5.41) is 22.1. The minimum absolute atomic E-state index is 0.0552. The van der Waals surface area contributed by atoms with Crippen LogP contribution in [0.5, 0.6) is 0 Å². The van der Waals surface area contributed by atoms with E-state index in [2.05, 4.69) is 65.4 Å². The van der Waals surface area contributed by atoms with Gasteiger partial charge in [0.1, 0.15) is 5.82 Å². The van der Waals surface area contributed by atoms with Gasteiger partial charge in [0.15, 0.2) is 5.78 Å². The summed E-state index contributed by atoms with van der Waals surface area (Å²) in [6, 6.07) is 0.0820. The lowest BCUT2D eigenvalue weighted by Crippen LogP contribution is -2.59. The number of carbonyl (C=O) groups excluding carboxylic acids is 1. The Morgan fingerprint density at radius 3 is 2.59 bits per heavy atom. The second-order valence-electron chi connectivity index (χ2n) is 16.5. The Morgan fingerprint density at radius 1 is 1.07 bits per heavy atom. The SMILES string of the molecule is CC1=C2C(=O)[C@H]3[C@@H](CC=C4C[C@@H](O)CC[C@@]43C)[C@@H]2CC[C@@]1(C)[C@H](C)[C@H]1[C@H](O)C[C@H](C)CN1CCN1CCN(c2cnccn2)CC1. The van der Waals surface area contributed by atoms with Gasteiger partial charge in [-0.05, 0) is 91.9 Å². The highest BCUT2D eigenvalue weighted by molar-refractivity contribution is 6.02. The van der Waals surface area contributed by atoms with E-state index in [4.69, 9.17) is 0 Å². The van der Waals surface area contributed by atoms with Crippen LogP contribution >= 0.6 is 0 Å². The first kappa shape index (κ1) is 32.4. The van der Waals surface area contributed by atoms with Crippen LogP contribution in [-0.4, -0.2) is 99.8 Å². The number of aliphatic hydroxyl groups excluding tert-OH is 2. The topological polar surface area (TPSA) is 93.0 Å². The molecule has 8 heteroatoms. The molecule has 0 spiro atoms. The molecule has 7 rings (SSSR count). The molecule has 4 fully saturated rings. The highest BCUT2D eigenvalue weighted by atomic mass is 16.3. The Hall–Kier alpha value is -2.13. The van der Waals surface area contributed by atoms with Crippen molar-refractivity contribution in [2.75, 3.05) is 50.7 Å². The number of likely N-dealkylation sites (tertiary alicyclic amines) is 1. The molecule has 2 saturated carbocycles. The molecule has 8 nitrogen and oxygen atoms in total. The van der Waals surface area contributed by atoms with Crippen molar-refractivity contribution in [2.45, 2.75) is 97.8 Å². The van der Waals surface area contributed by atoms with Crippen molar-refractivity contribution >= 4 is 11.6 Å². The standard InChI is InChI=1S/C38H57N5O3/c1-24-20-31(45)35(43(23-24)19-16-41-14-17-42(18-15-41)32-22-39-12-13-40-32)26(3)37(4)11-9-29-30-7-6-27-21-28(44)8-10-38(27,5)34(30)36(46)33(29)25(37)2/h6,12-13,22,24,26,28-31,34-35,44-45H,7-11,14-21,23H2,1-5H3/t24-,26+,28-,29-,30-,31+,34+,35-,37+,38-/m0/s1. The number of ketones is 1. The summed E-state index contributed by atoms with van der Waals surface area (Å²) in [7, 11) is 0. The summed E-state index contributed by atoms with van der Waals surface area (Å²) in [6.07, 6.45) is 13.5. The number of rotatable bonds is 6. The number of hydrogen-bond acceptors (Lipinski definition) is 8. The molecule has 1 aromatic rings. The number of aromatic nitrogens is 2. The highest BCUT2D eigenvalue weighted by Gasteiger charge is 2.60. The number of piperazine rings is 1. The Morgan fingerprint density at radius 2 is 1.85 bits per heavy atom. The van der Waals surface area contributed by atoms with E-state index in [-0.39, 0.29) is 40.9 Å². The second-order valence-corrected chi connectivity index (χ2v) is 16.5. The van der Waals surface area contributed by atoms with Gasteiger partial charge in [-0.1, -0.05) is 44.9 Å². The molecule has 0 bridgehead atoms. The van der Waals surface area contributed by atoms with Crippen molar-refractivity contribution in [1.82, 2.24) is 19.8 Å². The van der Waals surface area contributed by atoms with Crippen LogP contribution < -0.4 is 4.90 Å². The number of allylic oxidation sites excluding steroid dienone is 3. The number of fused-ring (bicyclic) bond motifs is 5. The number of hydrogen-bond donors (Lipinski definition) is 2. The maximum atomic E-state index is 14.6. The third kappa shape index (κ3) is 5.39. The van der Waals surface area contributed by atoms with Gasteiger partial charge in [0, 0.05) is 70.2 Å². The van der Waals surface area contributed by atoms with Crippen LogP contribution in [0.4, 0.5) is 5.82 Å². The molecule has 0 aromatic carbocycles. The summed E-state index contributed by atoms with van der Waals surface area (Å²) in [5.41, 5.74) is 3.55. The van der Waals surface area contributed by atoms with E-state index in [0.29, 0.717) is 23.5 Å². The zero-order valence-corrected chi connectivity index (χ0v) is 28.9. The molecule has 3 heterocycles. The summed E-state index contributed by atoms with van der Waals surface area (Å²) in [5.74, 6) is 2.87. The Kier molecular flexibility index (Phi) is 8.73. The fourth-order valence-corrected chi connectivity index (χ4v) is 11.1. The van der Waals surface area contributed by atoms with Crippen LogP contribution in [0, 0.1) is 40.4 Å². The number of carbonyl (C=O) groups is 1. The number of anilines is 1. The summed E-state index contributed by atoms with van der Waals surface area (Å²) in [6.45, 7) is 18.5. The van der Waals surface area contributed by atoms with E-state index < -0.39 is 0 Å². The second kappa shape index (κ2) is 12.4. The first-order valence-corrected chi connectivity index (χ1v) is 18.3. The van der Waals surface area contributed by atoms with Gasteiger partial charge in [-0.15, -0.1) is 0 Å². The van der Waals surface area contributed by atoms with Gasteiger partial charge in [-0.25, -0.2) is 4.98 Å². The monoisotopic (exact) mass is 631 g/mol. The van der Waals surface area contributed by atoms with E-state index in [9.17, 15) is 15.0 Å². The van der Waals surface area contributed by atoms with Crippen molar-refractivity contribution in [2.24, 2.45) is 40.4 Å². The molecular formula is C38H57N5O3. The lowest BCUT2D eigenvalue weighted by molar-refractivity contribution is -0.123. The third-order valence-corrected chi connectivity index (χ3v) is 14.1. The zero-order chi connectivity index (χ0) is 32.4. The Labute approximate surface area is 276 Å². The molecule has 46 heavy (non-hydrogen) atoms. The van der Waals surface area contributed by atoms with E-state index in [1.54, 1.807) is 12.4 Å². The van der Waals surface area contributed by atoms with Crippen molar-refractivity contribution in [3.63, 3.8) is 0 Å². The number of piperidine rings is 1. The van der Waals surface area contributed by atoms with Crippen LogP contribution in [0.3, 0.4) is 0 Å². The van der Waals surface area contributed by atoms with Crippen LogP contribution in [0.15, 0.2) is 41.4 Å². The lowest BCUT2D eigenvalue weighted by Gasteiger charge is -2.52. The predicted molar refractivity (Wildman–Crippen MR) is 181 cm³/mol. The highest BCUT2D eigenvalue weighted by Crippen LogP contribution is 2.63. The summed E-state index contributed by atoms with van der Waals surface area (Å²) < 4.78 is 0. The van der Waals surface area contributed by atoms with Gasteiger partial charge >= 0.3 is 0 Å². The van der Waals surface area contributed by atoms with Crippen LogP contribution in [-0.2, 0) is 4.79 Å². The quantitative estimate of drug-likeness (QED) is 0.436. The van der Waals surface area contributed by atoms with Crippen LogP contribution in [0.25, 0.3) is 0 Å². The zero-order valence-electron chi connectivity index (χ0n) is 28.9. The first-order chi connectivity index (χ1) is 22.0. The molecule has 6 aliphatic rings. The van der Waals surface area contributed by atoms with Gasteiger partial charge in [-0.2, -0.15) is 0 Å². The van der Waals surface area contributed by atoms with E-state index in [0.717, 1.165) is 102 Å². The molecule has 252 valence electrons. The summed E-state index contributed by atoms with van der Waals surface area (Å²) >= 11 is 0. The lowest BCUT2D eigenvalue weighted by atomic mass is 9.56. The van der Waals surface area contributed by atoms with E-state index >= 15 is 0 Å². The van der Waals surface area contributed by atoms with Crippen molar-refractivity contribution in [3.8, 4) is 0 Å². The van der Waals surface area contributed by atoms with Gasteiger partial charge in [0.2, 0.25) is 0 Å². The minimum Gasteiger partial charge on any atom is -0.393 e. The Balaban J connectivity index is 1.08. The third-order valence-electron chi connectivity index (χ3n) is 14.1. The average molecular weight is 632 g/mol. The van der Waals surface area contributed by atoms with Gasteiger partial charge in [0.25, 0.3) is 0 Å². The first-order valence-electron chi connectivity index (χ1n) is 18.3. The van der Waals surface area contributed by atoms with Gasteiger partial charge in [0.05, 0.1) is 18.4 Å². The predicted octanol–water partition coefficient (Wildman–Crippen LogP) is 4.74. The molecule has 2 N–H and O–H groups in total. The van der Waals surface area contributed by atoms with Gasteiger partial charge < -0.3 is 15.1 Å². The molecule has 10 atom stereocenters. The van der Waals surface area contributed by atoms with Crippen molar-refractivity contribution in [3.05, 3.63) is 41.4 Å². The van der Waals surface area contributed by atoms with Crippen LogP contribution in [0.1, 0.15) is 79.6 Å². The van der Waals surface area contributed by atoms with Crippen LogP contribution in [0.2, 0.25) is 0 Å². The molecule has 0 radical (unpaired) electrons. The number of nitrogens with zero attached hydrogens (tertiary/aromatic N) is 5. The van der Waals surface area contributed by atoms with Crippen molar-refractivity contribution < 1.29 is 15.0 Å². The largest absolute Gasteiger partial charge is 0.393 e. The molecule has 2 aliphatic heterocycles. The minimum atomic E-state index is -0.360. The Bertz CT molecular complexity index is 1360. The number of aliphatic hydroxyl groups is 2. The summed E-state index contributed by atoms with van der Waals surface area (Å²) in [4.78, 5) is 30.8. The molecule has 0 unspecified atom stereocenters. The molecular weight excluding hydrogens is 574 g/mol. The van der Waals surface area contributed by atoms with Crippen molar-refractivity contribution in [1.29, 1.82) is 0 Å². The maximum absolute atomic E-state index is 14.6.